The third kappa shape index (κ3) is 2.60. The van der Waals surface area contributed by atoms with Crippen LogP contribution < -0.4 is 5.56 Å². The zero-order valence-electron chi connectivity index (χ0n) is 15.8. The van der Waals surface area contributed by atoms with E-state index in [0.717, 1.165) is 55.5 Å². The van der Waals surface area contributed by atoms with Crippen molar-refractivity contribution in [1.29, 1.82) is 0 Å². The molecule has 2 N–H and O–H groups in total. The summed E-state index contributed by atoms with van der Waals surface area (Å²) in [6.45, 7) is 1.23. The van der Waals surface area contributed by atoms with Crippen LogP contribution in [0, 0.1) is 5.41 Å². The lowest BCUT2D eigenvalue weighted by Gasteiger charge is -2.41. The van der Waals surface area contributed by atoms with Gasteiger partial charge >= 0.3 is 0 Å². The lowest BCUT2D eigenvalue weighted by molar-refractivity contribution is -0.141. The Bertz CT molecular complexity index is 983. The molecular formula is C21H24N4O3. The lowest BCUT2D eigenvalue weighted by atomic mass is 9.77. The van der Waals surface area contributed by atoms with Crippen molar-refractivity contribution < 1.29 is 9.90 Å². The predicted molar refractivity (Wildman–Crippen MR) is 103 cm³/mol. The molecule has 0 aromatic carbocycles. The van der Waals surface area contributed by atoms with Crippen LogP contribution in [0.2, 0.25) is 0 Å². The number of fused-ring (bicyclic) bond motifs is 2. The fourth-order valence-electron chi connectivity index (χ4n) is 4.92. The van der Waals surface area contributed by atoms with Crippen molar-refractivity contribution in [3.05, 3.63) is 46.1 Å². The molecule has 146 valence electrons. The molecule has 1 aliphatic heterocycles. The first-order chi connectivity index (χ1) is 13.6. The Hall–Kier alpha value is -2.54. The van der Waals surface area contributed by atoms with Crippen LogP contribution >= 0.6 is 0 Å². The molecule has 3 aliphatic rings. The summed E-state index contributed by atoms with van der Waals surface area (Å²) < 4.78 is 0. The first-order valence-electron chi connectivity index (χ1n) is 10.0. The molecule has 2 fully saturated rings. The number of aromatic amines is 1. The van der Waals surface area contributed by atoms with Crippen LogP contribution in [-0.4, -0.2) is 50.6 Å². The van der Waals surface area contributed by atoms with Gasteiger partial charge in [0, 0.05) is 42.0 Å². The van der Waals surface area contributed by atoms with Gasteiger partial charge in [-0.2, -0.15) is 0 Å². The topological polar surface area (TPSA) is 99.2 Å². The van der Waals surface area contributed by atoms with E-state index in [0.29, 0.717) is 18.8 Å². The Morgan fingerprint density at radius 1 is 1.29 bits per heavy atom. The highest BCUT2D eigenvalue weighted by atomic mass is 16.3. The monoisotopic (exact) mass is 380 g/mol. The summed E-state index contributed by atoms with van der Waals surface area (Å²) in [7, 11) is 0. The second-order valence-corrected chi connectivity index (χ2v) is 8.53. The van der Waals surface area contributed by atoms with Gasteiger partial charge in [0.2, 0.25) is 5.91 Å². The number of carbonyl (C=O) groups excluding carboxylic acids is 1. The van der Waals surface area contributed by atoms with Crippen molar-refractivity contribution in [2.75, 3.05) is 19.7 Å². The minimum absolute atomic E-state index is 0.0693. The summed E-state index contributed by atoms with van der Waals surface area (Å²) in [5, 5.41) is 9.66. The van der Waals surface area contributed by atoms with Gasteiger partial charge in [-0.15, -0.1) is 0 Å². The number of aliphatic hydroxyl groups excluding tert-OH is 1. The van der Waals surface area contributed by atoms with E-state index in [-0.39, 0.29) is 23.5 Å². The maximum atomic E-state index is 13.0. The summed E-state index contributed by atoms with van der Waals surface area (Å²) in [5.74, 6) is 0.607. The molecule has 7 nitrogen and oxygen atoms in total. The van der Waals surface area contributed by atoms with E-state index in [1.54, 1.807) is 12.4 Å². The van der Waals surface area contributed by atoms with Gasteiger partial charge in [-0.25, -0.2) is 4.98 Å². The Labute approximate surface area is 162 Å². The average Bonchev–Trinajstić information content (AvgIpc) is 3.47. The van der Waals surface area contributed by atoms with Crippen molar-refractivity contribution in [2.24, 2.45) is 5.41 Å². The fourth-order valence-corrected chi connectivity index (χ4v) is 4.92. The number of H-pyrrole nitrogens is 1. The van der Waals surface area contributed by atoms with Crippen LogP contribution in [0.3, 0.4) is 0 Å². The summed E-state index contributed by atoms with van der Waals surface area (Å²) >= 11 is 0. The Balaban J connectivity index is 1.52. The number of rotatable bonds is 3. The third-order valence-electron chi connectivity index (χ3n) is 6.78. The molecule has 2 aromatic heterocycles. The van der Waals surface area contributed by atoms with Crippen LogP contribution in [-0.2, 0) is 16.6 Å². The van der Waals surface area contributed by atoms with Crippen LogP contribution in [0.25, 0.3) is 11.4 Å². The number of nitrogens with one attached hydrogen (secondary N) is 1. The van der Waals surface area contributed by atoms with Gasteiger partial charge < -0.3 is 15.0 Å². The first kappa shape index (κ1) is 17.6. The molecule has 3 heterocycles. The van der Waals surface area contributed by atoms with Gasteiger partial charge in [0.1, 0.15) is 5.82 Å². The van der Waals surface area contributed by atoms with E-state index in [1.165, 1.54) is 0 Å². The number of likely N-dealkylation sites (tertiary alicyclic amines) is 1. The number of amides is 1. The molecule has 1 atom stereocenters. The molecule has 1 spiro atoms. The minimum atomic E-state index is -0.553. The summed E-state index contributed by atoms with van der Waals surface area (Å²) in [6, 6.07) is 3.71. The number of aromatic nitrogens is 3. The van der Waals surface area contributed by atoms with Gasteiger partial charge in [0.15, 0.2) is 0 Å². The average molecular weight is 380 g/mol. The minimum Gasteiger partial charge on any atom is -0.395 e. The van der Waals surface area contributed by atoms with Crippen molar-refractivity contribution in [3.8, 4) is 11.4 Å². The highest BCUT2D eigenvalue weighted by Gasteiger charge is 2.54. The maximum absolute atomic E-state index is 13.0. The predicted octanol–water partition coefficient (Wildman–Crippen LogP) is 1.41. The van der Waals surface area contributed by atoms with Crippen LogP contribution in [0.1, 0.15) is 43.4 Å². The van der Waals surface area contributed by atoms with Gasteiger partial charge in [0.05, 0.1) is 17.7 Å². The molecule has 0 bridgehead atoms. The largest absolute Gasteiger partial charge is 0.395 e. The molecular weight excluding hydrogens is 356 g/mol. The molecule has 0 radical (unpaired) electrons. The number of piperidine rings is 1. The van der Waals surface area contributed by atoms with E-state index < -0.39 is 5.41 Å². The van der Waals surface area contributed by atoms with E-state index in [9.17, 15) is 14.7 Å². The summed E-state index contributed by atoms with van der Waals surface area (Å²) in [4.78, 5) is 39.5. The van der Waals surface area contributed by atoms with Gasteiger partial charge in [-0.1, -0.05) is 0 Å². The summed E-state index contributed by atoms with van der Waals surface area (Å²) in [6.07, 6.45) is 8.28. The van der Waals surface area contributed by atoms with Crippen molar-refractivity contribution in [3.63, 3.8) is 0 Å². The maximum Gasteiger partial charge on any atom is 0.254 e. The first-order valence-corrected chi connectivity index (χ1v) is 10.0. The second-order valence-electron chi connectivity index (χ2n) is 8.53. The number of carbonyl (C=O) groups is 1. The lowest BCUT2D eigenvalue weighted by Crippen LogP contribution is -2.50. The second kappa shape index (κ2) is 6.24. The van der Waals surface area contributed by atoms with Gasteiger partial charge in [-0.05, 0) is 50.7 Å². The zero-order chi connectivity index (χ0) is 19.4. The Kier molecular flexibility index (Phi) is 3.91. The van der Waals surface area contributed by atoms with Crippen LogP contribution in [0.15, 0.2) is 29.3 Å². The molecule has 2 aromatic rings. The van der Waals surface area contributed by atoms with E-state index in [1.807, 2.05) is 17.0 Å². The van der Waals surface area contributed by atoms with Gasteiger partial charge in [-0.3, -0.25) is 14.6 Å². The van der Waals surface area contributed by atoms with E-state index in [4.69, 9.17) is 4.98 Å². The number of pyridine rings is 1. The number of aliphatic hydroxyl groups is 1. The van der Waals surface area contributed by atoms with Gasteiger partial charge in [0.25, 0.3) is 5.56 Å². The molecule has 7 heteroatoms. The van der Waals surface area contributed by atoms with E-state index in [2.05, 4.69) is 9.97 Å². The molecule has 1 unspecified atom stereocenters. The highest BCUT2D eigenvalue weighted by Crippen LogP contribution is 2.49. The zero-order valence-corrected chi connectivity index (χ0v) is 15.8. The Morgan fingerprint density at radius 2 is 2.14 bits per heavy atom. The number of nitrogens with zero attached hydrogens (tertiary/aromatic N) is 3. The molecule has 1 amide bonds. The normalized spacial score (nSPS) is 25.0. The molecule has 1 saturated carbocycles. The molecule has 5 rings (SSSR count). The van der Waals surface area contributed by atoms with Crippen molar-refractivity contribution in [1.82, 2.24) is 19.9 Å². The quantitative estimate of drug-likeness (QED) is 0.839. The van der Waals surface area contributed by atoms with E-state index >= 15 is 0 Å². The third-order valence-corrected chi connectivity index (χ3v) is 6.78. The van der Waals surface area contributed by atoms with Crippen molar-refractivity contribution in [2.45, 2.75) is 43.9 Å². The SMILES string of the molecule is O=C(N1CCCC2(CCc3c2nc(-c2cccnc2)[nH]c3=O)C1)C1(CO)CC1. The smallest absolute Gasteiger partial charge is 0.254 e. The highest BCUT2D eigenvalue weighted by molar-refractivity contribution is 5.85. The number of hydrogen-bond acceptors (Lipinski definition) is 5. The van der Waals surface area contributed by atoms with Crippen molar-refractivity contribution >= 4 is 5.91 Å². The fraction of sp³-hybridized carbons (Fsp3) is 0.524. The molecule has 2 aliphatic carbocycles. The molecule has 1 saturated heterocycles. The van der Waals surface area contributed by atoms with Crippen LogP contribution in [0.4, 0.5) is 0 Å². The summed E-state index contributed by atoms with van der Waals surface area (Å²) in [5.41, 5.74) is 1.48. The Morgan fingerprint density at radius 3 is 2.86 bits per heavy atom. The molecule has 28 heavy (non-hydrogen) atoms. The van der Waals surface area contributed by atoms with Crippen LogP contribution in [0.5, 0.6) is 0 Å². The standard InChI is InChI=1S/C21H24N4O3/c26-13-21(7-8-21)19(28)25-10-2-5-20(12-25)6-4-15-16(20)23-17(24-18(15)27)14-3-1-9-22-11-14/h1,3,9,11,26H,2,4-8,10,12-13H2,(H,23,24,27). The number of hydrogen-bond donors (Lipinski definition) is 2.